The van der Waals surface area contributed by atoms with Crippen molar-refractivity contribution in [2.75, 3.05) is 18.8 Å². The standard InChI is InChI=1S/C11H17N3OS/c1-9-4-5-11(14-13-9)16(15)8-10-3-2-6-12-7-10/h4-5,10,12H,2-3,6-8H2,1H3/t10-,16-/m1/s1. The van der Waals surface area contributed by atoms with Crippen molar-refractivity contribution < 1.29 is 4.21 Å². The zero-order valence-corrected chi connectivity index (χ0v) is 10.3. The van der Waals surface area contributed by atoms with Crippen molar-refractivity contribution in [3.05, 3.63) is 17.8 Å². The number of aromatic nitrogens is 2. The van der Waals surface area contributed by atoms with Crippen LogP contribution in [0.3, 0.4) is 0 Å². The van der Waals surface area contributed by atoms with Crippen LogP contribution < -0.4 is 5.32 Å². The second-order valence-electron chi connectivity index (χ2n) is 4.24. The van der Waals surface area contributed by atoms with Crippen molar-refractivity contribution in [2.45, 2.75) is 24.8 Å². The Bertz CT molecular complexity index is 360. The van der Waals surface area contributed by atoms with Gasteiger partial charge < -0.3 is 5.32 Å². The highest BCUT2D eigenvalue weighted by Crippen LogP contribution is 2.14. The Labute approximate surface area is 98.3 Å². The summed E-state index contributed by atoms with van der Waals surface area (Å²) in [5.41, 5.74) is 0.861. The van der Waals surface area contributed by atoms with Gasteiger partial charge in [-0.3, -0.25) is 4.21 Å². The molecule has 0 bridgehead atoms. The molecule has 1 saturated heterocycles. The first-order valence-corrected chi connectivity index (χ1v) is 6.97. The van der Waals surface area contributed by atoms with E-state index in [0.29, 0.717) is 16.7 Å². The van der Waals surface area contributed by atoms with E-state index in [2.05, 4.69) is 15.5 Å². The fraction of sp³-hybridized carbons (Fsp3) is 0.636. The number of hydrogen-bond acceptors (Lipinski definition) is 4. The number of hydrogen-bond donors (Lipinski definition) is 1. The van der Waals surface area contributed by atoms with Crippen molar-refractivity contribution in [1.82, 2.24) is 15.5 Å². The van der Waals surface area contributed by atoms with Crippen molar-refractivity contribution >= 4 is 10.8 Å². The fourth-order valence-corrected chi connectivity index (χ4v) is 3.11. The van der Waals surface area contributed by atoms with Crippen LogP contribution in [0, 0.1) is 12.8 Å². The Morgan fingerprint density at radius 2 is 2.38 bits per heavy atom. The van der Waals surface area contributed by atoms with Gasteiger partial charge in [0.2, 0.25) is 0 Å². The van der Waals surface area contributed by atoms with Crippen LogP contribution in [-0.2, 0) is 10.8 Å². The molecule has 1 aromatic heterocycles. The summed E-state index contributed by atoms with van der Waals surface area (Å²) in [5.74, 6) is 1.21. The third-order valence-corrected chi connectivity index (χ3v) is 4.25. The molecule has 0 saturated carbocycles. The van der Waals surface area contributed by atoms with Crippen LogP contribution >= 0.6 is 0 Å². The van der Waals surface area contributed by atoms with E-state index in [1.807, 2.05) is 19.1 Å². The zero-order chi connectivity index (χ0) is 11.4. The summed E-state index contributed by atoms with van der Waals surface area (Å²) < 4.78 is 12.0. The molecular weight excluding hydrogens is 222 g/mol. The Morgan fingerprint density at radius 3 is 3.00 bits per heavy atom. The van der Waals surface area contributed by atoms with Crippen LogP contribution in [0.25, 0.3) is 0 Å². The average Bonchev–Trinajstić information content (AvgIpc) is 2.31. The van der Waals surface area contributed by atoms with Gasteiger partial charge in [-0.25, -0.2) is 0 Å². The number of rotatable bonds is 3. The molecule has 0 amide bonds. The molecule has 88 valence electrons. The molecule has 5 heteroatoms. The van der Waals surface area contributed by atoms with Crippen LogP contribution in [-0.4, -0.2) is 33.2 Å². The third kappa shape index (κ3) is 3.09. The second kappa shape index (κ2) is 5.50. The molecule has 1 aliphatic heterocycles. The maximum atomic E-state index is 12.0. The first kappa shape index (κ1) is 11.7. The van der Waals surface area contributed by atoms with Crippen molar-refractivity contribution in [3.63, 3.8) is 0 Å². The lowest BCUT2D eigenvalue weighted by molar-refractivity contribution is 0.407. The van der Waals surface area contributed by atoms with Gasteiger partial charge in [0.25, 0.3) is 0 Å². The molecular formula is C11H17N3OS. The Hall–Kier alpha value is -0.810. The van der Waals surface area contributed by atoms with Gasteiger partial charge in [-0.1, -0.05) is 0 Å². The monoisotopic (exact) mass is 239 g/mol. The van der Waals surface area contributed by atoms with Crippen molar-refractivity contribution in [1.29, 1.82) is 0 Å². The van der Waals surface area contributed by atoms with E-state index in [9.17, 15) is 4.21 Å². The van der Waals surface area contributed by atoms with Crippen LogP contribution in [0.2, 0.25) is 0 Å². The van der Waals surface area contributed by atoms with Crippen molar-refractivity contribution in [3.8, 4) is 0 Å². The fourth-order valence-electron chi connectivity index (χ4n) is 1.87. The van der Waals surface area contributed by atoms with Gasteiger partial charge in [-0.05, 0) is 50.9 Å². The van der Waals surface area contributed by atoms with Gasteiger partial charge in [-0.2, -0.15) is 5.10 Å². The molecule has 1 N–H and O–H groups in total. The second-order valence-corrected chi connectivity index (χ2v) is 5.68. The van der Waals surface area contributed by atoms with E-state index >= 15 is 0 Å². The van der Waals surface area contributed by atoms with Crippen LogP contribution in [0.5, 0.6) is 0 Å². The van der Waals surface area contributed by atoms with Gasteiger partial charge in [0.05, 0.1) is 16.5 Å². The summed E-state index contributed by atoms with van der Waals surface area (Å²) in [6.07, 6.45) is 2.35. The molecule has 2 rings (SSSR count). The molecule has 2 heterocycles. The molecule has 0 radical (unpaired) electrons. The predicted octanol–water partition coefficient (Wildman–Crippen LogP) is 0.892. The molecule has 0 aliphatic carbocycles. The molecule has 4 nitrogen and oxygen atoms in total. The Balaban J connectivity index is 1.94. The maximum absolute atomic E-state index is 12.0. The average molecular weight is 239 g/mol. The minimum atomic E-state index is -1.00. The first-order chi connectivity index (χ1) is 7.75. The highest BCUT2D eigenvalue weighted by Gasteiger charge is 2.17. The lowest BCUT2D eigenvalue weighted by atomic mass is 10.0. The van der Waals surface area contributed by atoms with E-state index in [1.54, 1.807) is 0 Å². The topological polar surface area (TPSA) is 54.9 Å². The summed E-state index contributed by atoms with van der Waals surface area (Å²) in [6.45, 7) is 3.95. The lowest BCUT2D eigenvalue weighted by Gasteiger charge is -2.21. The van der Waals surface area contributed by atoms with E-state index < -0.39 is 10.8 Å². The van der Waals surface area contributed by atoms with Gasteiger partial charge in [0, 0.05) is 5.75 Å². The number of aryl methyl sites for hydroxylation is 1. The minimum absolute atomic E-state index is 0.512. The SMILES string of the molecule is Cc1ccc([S@](=O)C[C@@H]2CCCNC2)nn1. The summed E-state index contributed by atoms with van der Waals surface area (Å²) in [6, 6.07) is 3.67. The van der Waals surface area contributed by atoms with E-state index in [0.717, 1.165) is 25.2 Å². The molecule has 1 aromatic rings. The van der Waals surface area contributed by atoms with Crippen molar-refractivity contribution in [2.24, 2.45) is 5.92 Å². The molecule has 0 aromatic carbocycles. The lowest BCUT2D eigenvalue weighted by Crippen LogP contribution is -2.32. The quantitative estimate of drug-likeness (QED) is 0.851. The molecule has 2 atom stereocenters. The van der Waals surface area contributed by atoms with Crippen LogP contribution in [0.4, 0.5) is 0 Å². The molecule has 16 heavy (non-hydrogen) atoms. The molecule has 1 fully saturated rings. The van der Waals surface area contributed by atoms with E-state index in [4.69, 9.17) is 0 Å². The first-order valence-electron chi connectivity index (χ1n) is 5.65. The minimum Gasteiger partial charge on any atom is -0.316 e. The van der Waals surface area contributed by atoms with E-state index in [1.165, 1.54) is 6.42 Å². The van der Waals surface area contributed by atoms with Gasteiger partial charge in [0.15, 0.2) is 0 Å². The summed E-state index contributed by atoms with van der Waals surface area (Å²) in [7, 11) is -1.00. The highest BCUT2D eigenvalue weighted by molar-refractivity contribution is 7.84. The van der Waals surface area contributed by atoms with Gasteiger partial charge in [0.1, 0.15) is 5.03 Å². The van der Waals surface area contributed by atoms with Crippen LogP contribution in [0.15, 0.2) is 17.2 Å². The summed E-state index contributed by atoms with van der Waals surface area (Å²) >= 11 is 0. The largest absolute Gasteiger partial charge is 0.316 e. The number of nitrogens with one attached hydrogen (secondary N) is 1. The zero-order valence-electron chi connectivity index (χ0n) is 9.48. The predicted molar refractivity (Wildman–Crippen MR) is 63.6 cm³/mol. The highest BCUT2D eigenvalue weighted by atomic mass is 32.2. The smallest absolute Gasteiger partial charge is 0.149 e. The molecule has 0 spiro atoms. The van der Waals surface area contributed by atoms with E-state index in [-0.39, 0.29) is 0 Å². The number of nitrogens with zero attached hydrogens (tertiary/aromatic N) is 2. The summed E-state index contributed by atoms with van der Waals surface area (Å²) in [5, 5.41) is 11.8. The third-order valence-electron chi connectivity index (χ3n) is 2.79. The van der Waals surface area contributed by atoms with Gasteiger partial charge in [-0.15, -0.1) is 5.10 Å². The maximum Gasteiger partial charge on any atom is 0.149 e. The normalized spacial score (nSPS) is 22.9. The van der Waals surface area contributed by atoms with Gasteiger partial charge >= 0.3 is 0 Å². The van der Waals surface area contributed by atoms with Crippen LogP contribution in [0.1, 0.15) is 18.5 Å². The molecule has 0 unspecified atom stereocenters. The molecule has 1 aliphatic rings. The Morgan fingerprint density at radius 1 is 1.50 bits per heavy atom. The summed E-state index contributed by atoms with van der Waals surface area (Å²) in [4.78, 5) is 0. The number of piperidine rings is 1. The Kier molecular flexibility index (Phi) is 4.01.